The molecule has 0 radical (unpaired) electrons. The maximum atomic E-state index is 12.7. The van der Waals surface area contributed by atoms with Gasteiger partial charge in [0.15, 0.2) is 0 Å². The van der Waals surface area contributed by atoms with Crippen LogP contribution in [-0.2, 0) is 9.59 Å². The van der Waals surface area contributed by atoms with E-state index in [2.05, 4.69) is 10.5 Å². The molecule has 0 spiro atoms. The first-order chi connectivity index (χ1) is 14.5. The molecule has 1 heterocycles. The van der Waals surface area contributed by atoms with Gasteiger partial charge in [-0.1, -0.05) is 37.1 Å². The van der Waals surface area contributed by atoms with Gasteiger partial charge in [-0.05, 0) is 49.6 Å². The van der Waals surface area contributed by atoms with Crippen molar-refractivity contribution in [1.29, 1.82) is 0 Å². The van der Waals surface area contributed by atoms with Crippen molar-refractivity contribution in [3.8, 4) is 5.75 Å². The number of amides is 3. The number of hydrazone groups is 1. The van der Waals surface area contributed by atoms with E-state index in [4.69, 9.17) is 0 Å². The van der Waals surface area contributed by atoms with Gasteiger partial charge >= 0.3 is 0 Å². The molecule has 2 aromatic carbocycles. The molecule has 2 aromatic rings. The molecule has 1 saturated heterocycles. The van der Waals surface area contributed by atoms with Crippen molar-refractivity contribution in [3.63, 3.8) is 0 Å². The Bertz CT molecular complexity index is 1000. The van der Waals surface area contributed by atoms with Crippen LogP contribution in [0.5, 0.6) is 5.75 Å². The van der Waals surface area contributed by atoms with Gasteiger partial charge in [0.1, 0.15) is 5.75 Å². The quantitative estimate of drug-likeness (QED) is 0.463. The first kappa shape index (κ1) is 19.8. The van der Waals surface area contributed by atoms with Gasteiger partial charge in [-0.15, -0.1) is 0 Å². The number of aromatic hydroxyl groups is 1. The molecule has 1 saturated carbocycles. The van der Waals surface area contributed by atoms with Gasteiger partial charge in [-0.25, -0.2) is 5.43 Å². The Kier molecular flexibility index (Phi) is 5.35. The Morgan fingerprint density at radius 3 is 2.20 bits per heavy atom. The lowest BCUT2D eigenvalue weighted by Crippen LogP contribution is -2.30. The van der Waals surface area contributed by atoms with Crippen molar-refractivity contribution in [2.75, 3.05) is 4.90 Å². The molecule has 2 aliphatic rings. The third kappa shape index (κ3) is 3.58. The SMILES string of the molecule is CC(=NNC(=O)c1ccccc1O)c1ccc(N2C(=O)C3CCCCC3C2=O)cc1. The number of nitrogens with one attached hydrogen (secondary N) is 1. The third-order valence-corrected chi connectivity index (χ3v) is 5.86. The number of fused-ring (bicyclic) bond motifs is 1. The summed E-state index contributed by atoms with van der Waals surface area (Å²) in [6, 6.07) is 13.2. The number of carbonyl (C=O) groups is 3. The number of hydrogen-bond donors (Lipinski definition) is 2. The number of hydrogen-bond acceptors (Lipinski definition) is 5. The summed E-state index contributed by atoms with van der Waals surface area (Å²) in [7, 11) is 0. The highest BCUT2D eigenvalue weighted by atomic mass is 16.3. The number of phenols is 1. The second kappa shape index (κ2) is 8.10. The van der Waals surface area contributed by atoms with Crippen LogP contribution in [0.1, 0.15) is 48.5 Å². The molecule has 1 aliphatic carbocycles. The normalized spacial score (nSPS) is 21.5. The van der Waals surface area contributed by atoms with Crippen LogP contribution in [0.3, 0.4) is 0 Å². The Labute approximate surface area is 174 Å². The van der Waals surface area contributed by atoms with Crippen LogP contribution in [-0.4, -0.2) is 28.5 Å². The fourth-order valence-electron chi connectivity index (χ4n) is 4.19. The third-order valence-electron chi connectivity index (χ3n) is 5.86. The van der Waals surface area contributed by atoms with Crippen molar-refractivity contribution in [3.05, 3.63) is 59.7 Å². The minimum atomic E-state index is -0.514. The van der Waals surface area contributed by atoms with Crippen LogP contribution in [0, 0.1) is 11.8 Å². The maximum Gasteiger partial charge on any atom is 0.275 e. The summed E-state index contributed by atoms with van der Waals surface area (Å²) in [5.74, 6) is -1.19. The zero-order valence-electron chi connectivity index (χ0n) is 16.7. The second-order valence-corrected chi connectivity index (χ2v) is 7.71. The largest absolute Gasteiger partial charge is 0.507 e. The summed E-state index contributed by atoms with van der Waals surface area (Å²) in [5.41, 5.74) is 4.42. The Morgan fingerprint density at radius 2 is 1.60 bits per heavy atom. The van der Waals surface area contributed by atoms with E-state index in [1.165, 1.54) is 17.0 Å². The maximum absolute atomic E-state index is 12.7. The van der Waals surface area contributed by atoms with E-state index in [9.17, 15) is 19.5 Å². The highest BCUT2D eigenvalue weighted by molar-refractivity contribution is 6.22. The van der Waals surface area contributed by atoms with Crippen LogP contribution in [0.15, 0.2) is 53.6 Å². The lowest BCUT2D eigenvalue weighted by Gasteiger charge is -2.19. The molecule has 2 atom stereocenters. The molecular formula is C23H23N3O4. The standard InChI is InChI=1S/C23H23N3O4/c1-14(24-25-21(28)19-8-4-5-9-20(19)27)15-10-12-16(13-11-15)26-22(29)17-6-2-3-7-18(17)23(26)30/h4-5,8-13,17-18,27H,2-3,6-7H2,1H3,(H,25,28). The van der Waals surface area contributed by atoms with Gasteiger partial charge in [0, 0.05) is 0 Å². The number of phenolic OH excluding ortho intramolecular Hbond substituents is 1. The fraction of sp³-hybridized carbons (Fsp3) is 0.304. The molecule has 30 heavy (non-hydrogen) atoms. The predicted molar refractivity (Wildman–Crippen MR) is 112 cm³/mol. The van der Waals surface area contributed by atoms with E-state index in [0.29, 0.717) is 11.4 Å². The molecule has 154 valence electrons. The zero-order valence-corrected chi connectivity index (χ0v) is 16.7. The van der Waals surface area contributed by atoms with Crippen LogP contribution in [0.25, 0.3) is 0 Å². The average Bonchev–Trinajstić information content (AvgIpc) is 3.02. The van der Waals surface area contributed by atoms with Crippen molar-refractivity contribution >= 4 is 29.1 Å². The van der Waals surface area contributed by atoms with Crippen molar-refractivity contribution < 1.29 is 19.5 Å². The molecule has 1 aliphatic heterocycles. The average molecular weight is 405 g/mol. The summed E-state index contributed by atoms with van der Waals surface area (Å²) in [4.78, 5) is 38.9. The summed E-state index contributed by atoms with van der Waals surface area (Å²) < 4.78 is 0. The number of nitrogens with zero attached hydrogens (tertiary/aromatic N) is 2. The molecule has 2 fully saturated rings. The van der Waals surface area contributed by atoms with Gasteiger partial charge in [0.05, 0.1) is 28.8 Å². The highest BCUT2D eigenvalue weighted by Gasteiger charge is 2.48. The summed E-state index contributed by atoms with van der Waals surface area (Å²) in [6.45, 7) is 1.74. The van der Waals surface area contributed by atoms with Gasteiger partial charge in [-0.2, -0.15) is 5.10 Å². The second-order valence-electron chi connectivity index (χ2n) is 7.71. The molecule has 3 amide bonds. The molecule has 2 unspecified atom stereocenters. The van der Waals surface area contributed by atoms with Gasteiger partial charge in [0.2, 0.25) is 11.8 Å². The smallest absolute Gasteiger partial charge is 0.275 e. The number of rotatable bonds is 4. The first-order valence-corrected chi connectivity index (χ1v) is 10.1. The van der Waals surface area contributed by atoms with E-state index >= 15 is 0 Å². The van der Waals surface area contributed by atoms with E-state index < -0.39 is 5.91 Å². The van der Waals surface area contributed by atoms with Gasteiger partial charge in [-0.3, -0.25) is 19.3 Å². The van der Waals surface area contributed by atoms with E-state index in [1.807, 2.05) is 0 Å². The van der Waals surface area contributed by atoms with E-state index in [1.54, 1.807) is 43.3 Å². The minimum absolute atomic E-state index is 0.0993. The lowest BCUT2D eigenvalue weighted by atomic mass is 9.81. The van der Waals surface area contributed by atoms with Gasteiger partial charge < -0.3 is 5.11 Å². The number of anilines is 1. The molecule has 0 bridgehead atoms. The molecule has 0 aromatic heterocycles. The minimum Gasteiger partial charge on any atom is -0.507 e. The monoisotopic (exact) mass is 405 g/mol. The van der Waals surface area contributed by atoms with Crippen LogP contribution >= 0.6 is 0 Å². The summed E-state index contributed by atoms with van der Waals surface area (Å²) >= 11 is 0. The number of imide groups is 1. The summed E-state index contributed by atoms with van der Waals surface area (Å²) in [5, 5.41) is 13.8. The Morgan fingerprint density at radius 1 is 1.00 bits per heavy atom. The Hall–Kier alpha value is -3.48. The van der Waals surface area contributed by atoms with Crippen LogP contribution in [0.2, 0.25) is 0 Å². The van der Waals surface area contributed by atoms with E-state index in [-0.39, 0.29) is 35.0 Å². The number of benzene rings is 2. The molecule has 2 N–H and O–H groups in total. The fourth-order valence-corrected chi connectivity index (χ4v) is 4.19. The van der Waals surface area contributed by atoms with Crippen molar-refractivity contribution in [1.82, 2.24) is 5.43 Å². The molecule has 7 nitrogen and oxygen atoms in total. The van der Waals surface area contributed by atoms with Crippen LogP contribution in [0.4, 0.5) is 5.69 Å². The molecule has 7 heteroatoms. The predicted octanol–water partition coefficient (Wildman–Crippen LogP) is 3.23. The topological polar surface area (TPSA) is 99.1 Å². The van der Waals surface area contributed by atoms with E-state index in [0.717, 1.165) is 31.2 Å². The first-order valence-electron chi connectivity index (χ1n) is 10.1. The molecule has 4 rings (SSSR count). The zero-order chi connectivity index (χ0) is 21.3. The van der Waals surface area contributed by atoms with Crippen LogP contribution < -0.4 is 10.3 Å². The lowest BCUT2D eigenvalue weighted by molar-refractivity contribution is -0.122. The Balaban J connectivity index is 1.47. The molecular weight excluding hydrogens is 382 g/mol. The van der Waals surface area contributed by atoms with Crippen molar-refractivity contribution in [2.45, 2.75) is 32.6 Å². The number of carbonyl (C=O) groups excluding carboxylic acids is 3. The summed E-state index contributed by atoms with van der Waals surface area (Å²) in [6.07, 6.45) is 3.56. The number of para-hydroxylation sites is 1. The highest BCUT2D eigenvalue weighted by Crippen LogP contribution is 2.40. The van der Waals surface area contributed by atoms with Crippen molar-refractivity contribution in [2.24, 2.45) is 16.9 Å². The van der Waals surface area contributed by atoms with Gasteiger partial charge in [0.25, 0.3) is 5.91 Å².